The van der Waals surface area contributed by atoms with Gasteiger partial charge in [-0.3, -0.25) is 4.79 Å². The molecule has 0 aromatic heterocycles. The van der Waals surface area contributed by atoms with Gasteiger partial charge in [0.15, 0.2) is 11.5 Å². The van der Waals surface area contributed by atoms with E-state index in [4.69, 9.17) is 4.74 Å². The van der Waals surface area contributed by atoms with Crippen molar-refractivity contribution >= 4 is 5.91 Å². The zero-order valence-electron chi connectivity index (χ0n) is 16.1. The lowest BCUT2D eigenvalue weighted by Gasteiger charge is -2.28. The molecule has 27 heavy (non-hydrogen) atoms. The number of aryl methyl sites for hydroxylation is 1. The Bertz CT molecular complexity index is 766. The smallest absolute Gasteiger partial charge is 0.223 e. The number of carbonyl (C=O) groups excluding carboxylic acids is 1. The average molecular weight is 369 g/mol. The highest BCUT2D eigenvalue weighted by Gasteiger charge is 2.27. The van der Waals surface area contributed by atoms with E-state index >= 15 is 0 Å². The Labute approximate surface area is 161 Å². The number of ether oxygens (including phenoxy) is 1. The summed E-state index contributed by atoms with van der Waals surface area (Å²) in [6.45, 7) is 5.50. The summed E-state index contributed by atoms with van der Waals surface area (Å²) in [5.74, 6) is 0.951. The Morgan fingerprint density at radius 3 is 2.48 bits per heavy atom. The molecule has 0 radical (unpaired) electrons. The van der Waals surface area contributed by atoms with E-state index in [0.29, 0.717) is 12.3 Å². The van der Waals surface area contributed by atoms with Crippen molar-refractivity contribution in [2.75, 3.05) is 20.2 Å². The van der Waals surface area contributed by atoms with Crippen LogP contribution in [0.4, 0.5) is 0 Å². The normalized spacial score (nSPS) is 19.5. The molecule has 5 nitrogen and oxygen atoms in total. The number of phenolic OH excluding ortho intramolecular Hbond substituents is 1. The Morgan fingerprint density at radius 1 is 1.15 bits per heavy atom. The second-order valence-electron chi connectivity index (χ2n) is 7.41. The number of hydrogen-bond acceptors (Lipinski definition) is 3. The minimum Gasteiger partial charge on any atom is -0.504 e. The highest BCUT2D eigenvalue weighted by Crippen LogP contribution is 2.26. The summed E-state index contributed by atoms with van der Waals surface area (Å²) in [5.41, 5.74) is 3.51. The number of amides is 1. The zero-order valence-corrected chi connectivity index (χ0v) is 16.1. The number of aromatic hydroxyl groups is 1. The van der Waals surface area contributed by atoms with Gasteiger partial charge in [0.05, 0.1) is 20.2 Å². The SMILES string of the molecule is COc1cc(C[NH+]2CCC(C(=O)NCc3ccc(C)cc3)CC2)ccc1O. The minimum atomic E-state index is 0.105. The van der Waals surface area contributed by atoms with Gasteiger partial charge in [-0.25, -0.2) is 0 Å². The van der Waals surface area contributed by atoms with Crippen molar-refractivity contribution in [2.24, 2.45) is 5.92 Å². The maximum absolute atomic E-state index is 12.5. The van der Waals surface area contributed by atoms with Crippen molar-refractivity contribution in [2.45, 2.75) is 32.9 Å². The summed E-state index contributed by atoms with van der Waals surface area (Å²) in [4.78, 5) is 13.9. The molecule has 1 amide bonds. The first kappa shape index (κ1) is 19.2. The molecule has 0 spiro atoms. The van der Waals surface area contributed by atoms with Crippen LogP contribution >= 0.6 is 0 Å². The van der Waals surface area contributed by atoms with Crippen LogP contribution < -0.4 is 15.0 Å². The first-order valence-electron chi connectivity index (χ1n) is 9.58. The molecule has 1 aliphatic heterocycles. The van der Waals surface area contributed by atoms with Gasteiger partial charge < -0.3 is 20.1 Å². The zero-order chi connectivity index (χ0) is 19.2. The molecule has 3 rings (SSSR count). The lowest BCUT2D eigenvalue weighted by Crippen LogP contribution is -3.11. The molecule has 1 saturated heterocycles. The molecule has 144 valence electrons. The van der Waals surface area contributed by atoms with Crippen molar-refractivity contribution < 1.29 is 19.5 Å². The van der Waals surface area contributed by atoms with E-state index in [-0.39, 0.29) is 17.6 Å². The van der Waals surface area contributed by atoms with Crippen LogP contribution in [0, 0.1) is 12.8 Å². The third-order valence-corrected chi connectivity index (χ3v) is 5.35. The van der Waals surface area contributed by atoms with Crippen molar-refractivity contribution in [3.63, 3.8) is 0 Å². The monoisotopic (exact) mass is 369 g/mol. The number of quaternary nitrogens is 1. The molecule has 0 saturated carbocycles. The van der Waals surface area contributed by atoms with Crippen molar-refractivity contribution in [1.29, 1.82) is 0 Å². The lowest BCUT2D eigenvalue weighted by molar-refractivity contribution is -0.919. The summed E-state index contributed by atoms with van der Waals surface area (Å²) in [6, 6.07) is 13.8. The number of rotatable bonds is 6. The van der Waals surface area contributed by atoms with Gasteiger partial charge in [-0.2, -0.15) is 0 Å². The number of carbonyl (C=O) groups is 1. The fourth-order valence-electron chi connectivity index (χ4n) is 3.63. The summed E-state index contributed by atoms with van der Waals surface area (Å²) in [7, 11) is 1.56. The third kappa shape index (κ3) is 5.23. The predicted octanol–water partition coefficient (Wildman–Crippen LogP) is 1.82. The van der Waals surface area contributed by atoms with E-state index in [0.717, 1.165) is 43.6 Å². The molecule has 1 fully saturated rings. The van der Waals surface area contributed by atoms with Gasteiger partial charge in [-0.05, 0) is 30.7 Å². The van der Waals surface area contributed by atoms with Crippen LogP contribution in [0.25, 0.3) is 0 Å². The standard InChI is InChI=1S/C22H28N2O3/c1-16-3-5-17(6-4-16)14-23-22(26)19-9-11-24(12-10-19)15-18-7-8-20(25)21(13-18)27-2/h3-8,13,19,25H,9-12,14-15H2,1-2H3,(H,23,26)/p+1. The van der Waals surface area contributed by atoms with Crippen molar-refractivity contribution in [3.05, 3.63) is 59.2 Å². The molecule has 0 aliphatic carbocycles. The van der Waals surface area contributed by atoms with Crippen molar-refractivity contribution in [3.8, 4) is 11.5 Å². The van der Waals surface area contributed by atoms with E-state index in [2.05, 4.69) is 36.5 Å². The highest BCUT2D eigenvalue weighted by molar-refractivity contribution is 5.78. The molecular formula is C22H29N2O3+. The van der Waals surface area contributed by atoms with Crippen LogP contribution in [0.3, 0.4) is 0 Å². The fourth-order valence-corrected chi connectivity index (χ4v) is 3.63. The molecule has 0 atom stereocenters. The predicted molar refractivity (Wildman–Crippen MR) is 105 cm³/mol. The number of methoxy groups -OCH3 is 1. The maximum atomic E-state index is 12.5. The van der Waals surface area contributed by atoms with Crippen molar-refractivity contribution in [1.82, 2.24) is 5.32 Å². The maximum Gasteiger partial charge on any atom is 0.223 e. The van der Waals surface area contributed by atoms with E-state index in [1.54, 1.807) is 13.2 Å². The lowest BCUT2D eigenvalue weighted by atomic mass is 9.95. The molecule has 2 aromatic rings. The van der Waals surface area contributed by atoms with Gasteiger partial charge in [0.2, 0.25) is 5.91 Å². The third-order valence-electron chi connectivity index (χ3n) is 5.35. The Balaban J connectivity index is 1.45. The molecule has 2 aromatic carbocycles. The largest absolute Gasteiger partial charge is 0.504 e. The Kier molecular flexibility index (Phi) is 6.35. The average Bonchev–Trinajstić information content (AvgIpc) is 2.69. The number of phenols is 1. The summed E-state index contributed by atoms with van der Waals surface area (Å²) < 4.78 is 5.18. The van der Waals surface area contributed by atoms with Gasteiger partial charge in [0.25, 0.3) is 0 Å². The summed E-state index contributed by atoms with van der Waals surface area (Å²) >= 11 is 0. The molecule has 3 N–H and O–H groups in total. The summed E-state index contributed by atoms with van der Waals surface area (Å²) in [5, 5.41) is 12.8. The Hall–Kier alpha value is -2.53. The summed E-state index contributed by atoms with van der Waals surface area (Å²) in [6.07, 6.45) is 1.81. The van der Waals surface area contributed by atoms with Crippen LogP contribution in [-0.4, -0.2) is 31.2 Å². The Morgan fingerprint density at radius 2 is 1.81 bits per heavy atom. The molecule has 0 unspecified atom stereocenters. The first-order chi connectivity index (χ1) is 13.0. The van der Waals surface area contributed by atoms with E-state index in [1.807, 2.05) is 12.1 Å². The van der Waals surface area contributed by atoms with E-state index in [9.17, 15) is 9.90 Å². The van der Waals surface area contributed by atoms with E-state index in [1.165, 1.54) is 10.5 Å². The van der Waals surface area contributed by atoms with E-state index < -0.39 is 0 Å². The fraction of sp³-hybridized carbons (Fsp3) is 0.409. The second-order valence-corrected chi connectivity index (χ2v) is 7.41. The molecule has 1 heterocycles. The quantitative estimate of drug-likeness (QED) is 0.728. The number of benzene rings is 2. The molecule has 0 bridgehead atoms. The topological polar surface area (TPSA) is 63.0 Å². The molecule has 5 heteroatoms. The van der Waals surface area contributed by atoms with Gasteiger partial charge in [0, 0.05) is 30.9 Å². The van der Waals surface area contributed by atoms with Gasteiger partial charge >= 0.3 is 0 Å². The van der Waals surface area contributed by atoms with Gasteiger partial charge in [-0.15, -0.1) is 0 Å². The molecule has 1 aliphatic rings. The van der Waals surface area contributed by atoms with Crippen LogP contribution in [0.1, 0.15) is 29.5 Å². The number of hydrogen-bond donors (Lipinski definition) is 3. The molecular weight excluding hydrogens is 340 g/mol. The minimum absolute atomic E-state index is 0.105. The van der Waals surface area contributed by atoms with Crippen LogP contribution in [0.2, 0.25) is 0 Å². The number of piperidine rings is 1. The van der Waals surface area contributed by atoms with Crippen LogP contribution in [0.5, 0.6) is 11.5 Å². The number of nitrogens with one attached hydrogen (secondary N) is 2. The second kappa shape index (κ2) is 8.91. The highest BCUT2D eigenvalue weighted by atomic mass is 16.5. The first-order valence-corrected chi connectivity index (χ1v) is 9.58. The van der Waals surface area contributed by atoms with Gasteiger partial charge in [0.1, 0.15) is 6.54 Å². The van der Waals surface area contributed by atoms with Crippen LogP contribution in [0.15, 0.2) is 42.5 Å². The van der Waals surface area contributed by atoms with Gasteiger partial charge in [-0.1, -0.05) is 29.8 Å². The number of likely N-dealkylation sites (tertiary alicyclic amines) is 1. The van der Waals surface area contributed by atoms with Crippen LogP contribution in [-0.2, 0) is 17.9 Å².